The molecule has 0 fully saturated rings. The molecule has 0 amide bonds. The zero-order valence-corrected chi connectivity index (χ0v) is 18.6. The number of benzene rings is 3. The number of hydrogen-bond donors (Lipinski definition) is 2. The zero-order valence-electron chi connectivity index (χ0n) is 17.8. The van der Waals surface area contributed by atoms with Gasteiger partial charge in [-0.25, -0.2) is 4.98 Å². The third-order valence-corrected chi connectivity index (χ3v) is 7.13. The van der Waals surface area contributed by atoms with Crippen LogP contribution < -0.4 is 0 Å². The van der Waals surface area contributed by atoms with Gasteiger partial charge in [0, 0.05) is 16.6 Å². The van der Waals surface area contributed by atoms with Gasteiger partial charge in [-0.3, -0.25) is 0 Å². The molecule has 0 saturated heterocycles. The number of nitrogens with one attached hydrogen (secondary N) is 1. The fraction of sp³-hybridized carbons (Fsp3) is 0.107. The number of rotatable bonds is 6. The minimum absolute atomic E-state index is 0.579. The van der Waals surface area contributed by atoms with Crippen molar-refractivity contribution in [1.29, 1.82) is 0 Å². The second-order valence-electron chi connectivity index (χ2n) is 7.90. The van der Waals surface area contributed by atoms with Crippen LogP contribution in [0.15, 0.2) is 115 Å². The van der Waals surface area contributed by atoms with Crippen LogP contribution in [0.4, 0.5) is 0 Å². The summed E-state index contributed by atoms with van der Waals surface area (Å²) in [6.07, 6.45) is 3.44. The first-order valence-electron chi connectivity index (χ1n) is 10.6. The van der Waals surface area contributed by atoms with E-state index in [1.54, 1.807) is 23.9 Å². The smallest absolute Gasteiger partial charge is 0.152 e. The Balaban J connectivity index is 2.01. The van der Waals surface area contributed by atoms with Crippen LogP contribution in [-0.2, 0) is 11.0 Å². The highest BCUT2D eigenvalue weighted by Crippen LogP contribution is 2.55. The van der Waals surface area contributed by atoms with Crippen LogP contribution >= 0.6 is 11.3 Å². The molecule has 2 N–H and O–H groups in total. The molecule has 2 aromatic heterocycles. The fourth-order valence-corrected chi connectivity index (χ4v) is 5.69. The third-order valence-electron chi connectivity index (χ3n) is 6.28. The molecule has 5 aromatic rings. The summed E-state index contributed by atoms with van der Waals surface area (Å²) >= 11 is 1.63. The highest BCUT2D eigenvalue weighted by atomic mass is 32.1. The van der Waals surface area contributed by atoms with Crippen molar-refractivity contribution in [2.24, 2.45) is 0 Å². The topological polar surface area (TPSA) is 48.9 Å². The normalized spacial score (nSPS) is 13.6. The predicted octanol–water partition coefficient (Wildman–Crippen LogP) is 6.05. The summed E-state index contributed by atoms with van der Waals surface area (Å²) in [6, 6.07) is 32.8. The van der Waals surface area contributed by atoms with Crippen molar-refractivity contribution in [3.63, 3.8) is 0 Å². The van der Waals surface area contributed by atoms with Crippen molar-refractivity contribution in [2.75, 3.05) is 0 Å². The van der Waals surface area contributed by atoms with Crippen LogP contribution in [0, 0.1) is 6.92 Å². The SMILES string of the molecule is Cc1sccc1C(O)(c1c[nH]cn1)C(c1ccccc1)(c1ccccc1)c1ccccc1. The van der Waals surface area contributed by atoms with Crippen LogP contribution in [0.1, 0.15) is 32.8 Å². The number of nitrogens with zero attached hydrogens (tertiary/aromatic N) is 1. The van der Waals surface area contributed by atoms with Gasteiger partial charge in [-0.1, -0.05) is 91.0 Å². The van der Waals surface area contributed by atoms with Gasteiger partial charge in [0.25, 0.3) is 0 Å². The van der Waals surface area contributed by atoms with Gasteiger partial charge in [-0.15, -0.1) is 11.3 Å². The Labute approximate surface area is 192 Å². The van der Waals surface area contributed by atoms with Gasteiger partial charge in [0.05, 0.1) is 17.4 Å². The molecule has 5 rings (SSSR count). The number of aromatic nitrogens is 2. The largest absolute Gasteiger partial charge is 0.377 e. The van der Waals surface area contributed by atoms with Gasteiger partial charge in [-0.05, 0) is 35.1 Å². The Kier molecular flexibility index (Phi) is 5.25. The lowest BCUT2D eigenvalue weighted by molar-refractivity contribution is 0.0241. The molecule has 0 radical (unpaired) electrons. The lowest BCUT2D eigenvalue weighted by Gasteiger charge is -2.48. The Morgan fingerprint density at radius 2 is 1.25 bits per heavy atom. The molecule has 0 bridgehead atoms. The Hall–Kier alpha value is -3.47. The average Bonchev–Trinajstić information content (AvgIpc) is 3.54. The average molecular weight is 437 g/mol. The Morgan fingerprint density at radius 3 is 1.62 bits per heavy atom. The van der Waals surface area contributed by atoms with E-state index in [0.29, 0.717) is 5.69 Å². The first-order valence-corrected chi connectivity index (χ1v) is 11.5. The lowest BCUT2D eigenvalue weighted by Crippen LogP contribution is -2.52. The molecule has 0 aliphatic heterocycles. The summed E-state index contributed by atoms with van der Waals surface area (Å²) in [4.78, 5) is 8.76. The van der Waals surface area contributed by atoms with Gasteiger partial charge in [-0.2, -0.15) is 0 Å². The molecular weight excluding hydrogens is 412 g/mol. The Bertz CT molecular complexity index is 1180. The molecule has 32 heavy (non-hydrogen) atoms. The maximum Gasteiger partial charge on any atom is 0.152 e. The summed E-state index contributed by atoms with van der Waals surface area (Å²) < 4.78 is 0. The minimum atomic E-state index is -1.47. The first-order chi connectivity index (χ1) is 15.7. The first kappa shape index (κ1) is 20.4. The van der Waals surface area contributed by atoms with Gasteiger partial charge in [0.2, 0.25) is 0 Å². The molecule has 2 heterocycles. The van der Waals surface area contributed by atoms with E-state index in [1.165, 1.54) is 0 Å². The second kappa shape index (κ2) is 8.23. The summed E-state index contributed by atoms with van der Waals surface area (Å²) in [5.41, 5.74) is 2.00. The van der Waals surface area contributed by atoms with Gasteiger partial charge < -0.3 is 10.1 Å². The van der Waals surface area contributed by atoms with E-state index >= 15 is 0 Å². The second-order valence-corrected chi connectivity index (χ2v) is 9.02. The van der Waals surface area contributed by atoms with E-state index in [0.717, 1.165) is 27.1 Å². The maximum absolute atomic E-state index is 13.1. The number of aryl methyl sites for hydroxylation is 1. The van der Waals surface area contributed by atoms with Crippen molar-refractivity contribution < 1.29 is 5.11 Å². The molecular formula is C28H24N2OS. The van der Waals surface area contributed by atoms with Crippen LogP contribution in [0.5, 0.6) is 0 Å². The quantitative estimate of drug-likeness (QED) is 0.318. The zero-order chi connectivity index (χ0) is 22.0. The highest BCUT2D eigenvalue weighted by molar-refractivity contribution is 7.10. The predicted molar refractivity (Wildman–Crippen MR) is 130 cm³/mol. The van der Waals surface area contributed by atoms with Crippen LogP contribution in [0.25, 0.3) is 0 Å². The summed E-state index contributed by atoms with van der Waals surface area (Å²) in [5, 5.41) is 15.1. The summed E-state index contributed by atoms with van der Waals surface area (Å²) in [5.74, 6) is 0. The van der Waals surface area contributed by atoms with Crippen molar-refractivity contribution >= 4 is 11.3 Å². The van der Waals surface area contributed by atoms with Gasteiger partial charge >= 0.3 is 0 Å². The van der Waals surface area contributed by atoms with Crippen molar-refractivity contribution in [3.05, 3.63) is 148 Å². The maximum atomic E-state index is 13.1. The third kappa shape index (κ3) is 2.95. The summed E-state index contributed by atoms with van der Waals surface area (Å²) in [6.45, 7) is 2.06. The van der Waals surface area contributed by atoms with Crippen molar-refractivity contribution in [3.8, 4) is 0 Å². The van der Waals surface area contributed by atoms with E-state index in [2.05, 4.69) is 53.3 Å². The van der Waals surface area contributed by atoms with Gasteiger partial charge in [0.1, 0.15) is 0 Å². The number of hydrogen-bond acceptors (Lipinski definition) is 3. The van der Waals surface area contributed by atoms with Crippen LogP contribution in [-0.4, -0.2) is 15.1 Å². The van der Waals surface area contributed by atoms with Crippen LogP contribution in [0.3, 0.4) is 0 Å². The standard InChI is InChI=1S/C28H24N2OS/c1-21-25(17-18-32-21)28(31,26-19-29-20-30-26)27(22-11-5-2-6-12-22,23-13-7-3-8-14-23)24-15-9-4-10-16-24/h2-20,31H,1H3,(H,29,30). The number of aromatic amines is 1. The number of imidazole rings is 1. The van der Waals surface area contributed by atoms with E-state index in [4.69, 9.17) is 0 Å². The van der Waals surface area contributed by atoms with Crippen molar-refractivity contribution in [2.45, 2.75) is 17.9 Å². The van der Waals surface area contributed by atoms with E-state index < -0.39 is 11.0 Å². The molecule has 1 atom stereocenters. The minimum Gasteiger partial charge on any atom is -0.377 e. The van der Waals surface area contributed by atoms with E-state index in [1.807, 2.05) is 66.0 Å². The molecule has 0 aliphatic carbocycles. The molecule has 3 aromatic carbocycles. The number of thiophene rings is 1. The molecule has 4 heteroatoms. The lowest BCUT2D eigenvalue weighted by atomic mass is 9.56. The van der Waals surface area contributed by atoms with E-state index in [9.17, 15) is 5.11 Å². The van der Waals surface area contributed by atoms with Crippen molar-refractivity contribution in [1.82, 2.24) is 9.97 Å². The molecule has 3 nitrogen and oxygen atoms in total. The molecule has 1 unspecified atom stereocenters. The summed E-state index contributed by atoms with van der Waals surface area (Å²) in [7, 11) is 0. The van der Waals surface area contributed by atoms with Crippen LogP contribution in [0.2, 0.25) is 0 Å². The van der Waals surface area contributed by atoms with E-state index in [-0.39, 0.29) is 0 Å². The highest BCUT2D eigenvalue weighted by Gasteiger charge is 2.57. The molecule has 0 spiro atoms. The number of aliphatic hydroxyl groups is 1. The van der Waals surface area contributed by atoms with Gasteiger partial charge in [0.15, 0.2) is 5.60 Å². The number of H-pyrrole nitrogens is 1. The molecule has 158 valence electrons. The molecule has 0 saturated carbocycles. The Morgan fingerprint density at radius 1 is 0.750 bits per heavy atom. The molecule has 0 aliphatic rings. The monoisotopic (exact) mass is 436 g/mol. The fourth-order valence-electron chi connectivity index (χ4n) is 4.94.